The van der Waals surface area contributed by atoms with E-state index in [1.54, 1.807) is 6.92 Å². The van der Waals surface area contributed by atoms with Crippen LogP contribution in [0.3, 0.4) is 0 Å². The van der Waals surface area contributed by atoms with Crippen LogP contribution in [0.15, 0.2) is 12.2 Å². The van der Waals surface area contributed by atoms with E-state index in [1.807, 2.05) is 0 Å². The molecule has 0 aromatic rings. The van der Waals surface area contributed by atoms with Gasteiger partial charge in [-0.1, -0.05) is 6.58 Å². The van der Waals surface area contributed by atoms with Crippen LogP contribution in [0.4, 0.5) is 0 Å². The highest BCUT2D eigenvalue weighted by atomic mass is 16.5. The van der Waals surface area contributed by atoms with Crippen LogP contribution in [0.1, 0.15) is 39.5 Å². The number of esters is 1. The molecule has 1 aliphatic heterocycles. The summed E-state index contributed by atoms with van der Waals surface area (Å²) < 4.78 is 5.31. The predicted molar refractivity (Wildman–Crippen MR) is 74.9 cm³/mol. The molecule has 0 N–H and O–H groups in total. The highest BCUT2D eigenvalue weighted by Crippen LogP contribution is 2.50. The van der Waals surface area contributed by atoms with E-state index >= 15 is 0 Å². The molecule has 21 heavy (non-hydrogen) atoms. The van der Waals surface area contributed by atoms with Gasteiger partial charge in [-0.2, -0.15) is 0 Å². The Morgan fingerprint density at radius 2 is 1.76 bits per heavy atom. The van der Waals surface area contributed by atoms with Crippen LogP contribution in [0.5, 0.6) is 0 Å². The fourth-order valence-electron chi connectivity index (χ4n) is 4.29. The van der Waals surface area contributed by atoms with Gasteiger partial charge in [0.1, 0.15) is 6.10 Å². The molecule has 0 aromatic heterocycles. The van der Waals surface area contributed by atoms with Crippen LogP contribution >= 0.6 is 0 Å². The molecule has 3 fully saturated rings. The van der Waals surface area contributed by atoms with Crippen LogP contribution in [-0.4, -0.2) is 34.8 Å². The second-order valence-corrected chi connectivity index (χ2v) is 6.66. The average molecular weight is 291 g/mol. The van der Waals surface area contributed by atoms with Crippen molar-refractivity contribution in [2.75, 3.05) is 0 Å². The van der Waals surface area contributed by atoms with E-state index in [-0.39, 0.29) is 35.8 Å². The maximum atomic E-state index is 12.2. The standard InChI is InChI=1S/C16H21NO4/c1-8(2)15(19)17-14-7-11-5-12(21-9(3)18)4-10(11)6-13(14)16(17)20/h10-14H,1,4-7H2,2-3H3. The first-order valence-electron chi connectivity index (χ1n) is 7.58. The molecule has 114 valence electrons. The van der Waals surface area contributed by atoms with E-state index in [2.05, 4.69) is 6.58 Å². The largest absolute Gasteiger partial charge is 0.463 e. The van der Waals surface area contributed by atoms with E-state index in [1.165, 1.54) is 11.8 Å². The number of imide groups is 1. The number of carbonyl (C=O) groups excluding carboxylic acids is 3. The Morgan fingerprint density at radius 1 is 1.14 bits per heavy atom. The molecule has 3 rings (SSSR count). The number of rotatable bonds is 2. The molecule has 0 bridgehead atoms. The zero-order valence-corrected chi connectivity index (χ0v) is 12.5. The third-order valence-electron chi connectivity index (χ3n) is 5.17. The Labute approximate surface area is 124 Å². The van der Waals surface area contributed by atoms with Crippen molar-refractivity contribution in [1.82, 2.24) is 4.90 Å². The van der Waals surface area contributed by atoms with Crippen molar-refractivity contribution < 1.29 is 19.1 Å². The Hall–Kier alpha value is -1.65. The highest BCUT2D eigenvalue weighted by molar-refractivity contribution is 6.08. The van der Waals surface area contributed by atoms with Crippen molar-refractivity contribution in [2.45, 2.75) is 51.7 Å². The topological polar surface area (TPSA) is 63.7 Å². The van der Waals surface area contributed by atoms with Gasteiger partial charge in [0, 0.05) is 12.5 Å². The molecule has 3 aliphatic rings. The van der Waals surface area contributed by atoms with E-state index in [4.69, 9.17) is 4.74 Å². The van der Waals surface area contributed by atoms with Crippen molar-refractivity contribution in [2.24, 2.45) is 17.8 Å². The van der Waals surface area contributed by atoms with Crippen molar-refractivity contribution in [3.05, 3.63) is 12.2 Å². The van der Waals surface area contributed by atoms with Gasteiger partial charge in [-0.15, -0.1) is 0 Å². The lowest BCUT2D eigenvalue weighted by molar-refractivity contribution is -0.170. The summed E-state index contributed by atoms with van der Waals surface area (Å²) in [6.45, 7) is 6.71. The van der Waals surface area contributed by atoms with Gasteiger partial charge in [-0.3, -0.25) is 19.3 Å². The Bertz CT molecular complexity index is 526. The van der Waals surface area contributed by atoms with Crippen LogP contribution < -0.4 is 0 Å². The van der Waals surface area contributed by atoms with Gasteiger partial charge in [-0.05, 0) is 44.4 Å². The van der Waals surface area contributed by atoms with Gasteiger partial charge in [0.15, 0.2) is 0 Å². The molecule has 1 heterocycles. The summed E-state index contributed by atoms with van der Waals surface area (Å²) in [5.74, 6) is 0.338. The van der Waals surface area contributed by atoms with Crippen molar-refractivity contribution >= 4 is 17.8 Å². The number of ether oxygens (including phenoxy) is 1. The van der Waals surface area contributed by atoms with E-state index in [0.29, 0.717) is 17.4 Å². The Morgan fingerprint density at radius 3 is 2.33 bits per heavy atom. The Kier molecular flexibility index (Phi) is 3.38. The fourth-order valence-corrected chi connectivity index (χ4v) is 4.29. The number of hydrogen-bond acceptors (Lipinski definition) is 4. The quantitative estimate of drug-likeness (QED) is 0.441. The van der Waals surface area contributed by atoms with E-state index in [0.717, 1.165) is 25.7 Å². The molecule has 5 nitrogen and oxygen atoms in total. The molecule has 2 saturated carbocycles. The number of amides is 2. The number of hydrogen-bond donors (Lipinski definition) is 0. The molecule has 1 saturated heterocycles. The van der Waals surface area contributed by atoms with Gasteiger partial charge in [0.25, 0.3) is 5.91 Å². The number of carbonyl (C=O) groups is 3. The third-order valence-corrected chi connectivity index (χ3v) is 5.17. The summed E-state index contributed by atoms with van der Waals surface area (Å²) in [6.07, 6.45) is 3.37. The minimum Gasteiger partial charge on any atom is -0.463 e. The van der Waals surface area contributed by atoms with Crippen LogP contribution in [0, 0.1) is 17.8 Å². The summed E-state index contributed by atoms with van der Waals surface area (Å²) in [5.41, 5.74) is 0.410. The molecular weight excluding hydrogens is 270 g/mol. The second kappa shape index (κ2) is 4.97. The number of β-lactam (4-membered cyclic amide) rings is 1. The minimum absolute atomic E-state index is 0.0182. The van der Waals surface area contributed by atoms with Crippen molar-refractivity contribution in [1.29, 1.82) is 0 Å². The molecule has 2 aliphatic carbocycles. The van der Waals surface area contributed by atoms with Gasteiger partial charge in [-0.25, -0.2) is 0 Å². The molecule has 2 amide bonds. The Balaban J connectivity index is 1.68. The fraction of sp³-hybridized carbons (Fsp3) is 0.688. The number of fused-ring (bicyclic) bond motifs is 2. The summed E-state index contributed by atoms with van der Waals surface area (Å²) >= 11 is 0. The molecule has 0 spiro atoms. The van der Waals surface area contributed by atoms with Gasteiger partial charge >= 0.3 is 5.97 Å². The number of nitrogens with zero attached hydrogens (tertiary/aromatic N) is 1. The maximum absolute atomic E-state index is 12.2. The van der Waals surface area contributed by atoms with Crippen LogP contribution in [-0.2, 0) is 19.1 Å². The normalized spacial score (nSPS) is 37.3. The lowest BCUT2D eigenvalue weighted by Crippen LogP contribution is -2.65. The van der Waals surface area contributed by atoms with Crippen molar-refractivity contribution in [3.63, 3.8) is 0 Å². The monoisotopic (exact) mass is 291 g/mol. The minimum atomic E-state index is -0.241. The van der Waals surface area contributed by atoms with E-state index < -0.39 is 0 Å². The lowest BCUT2D eigenvalue weighted by Gasteiger charge is -2.51. The van der Waals surface area contributed by atoms with E-state index in [9.17, 15) is 14.4 Å². The average Bonchev–Trinajstić information content (AvgIpc) is 2.77. The zero-order chi connectivity index (χ0) is 15.3. The summed E-state index contributed by atoms with van der Waals surface area (Å²) in [6, 6.07) is 0.0269. The van der Waals surface area contributed by atoms with Crippen LogP contribution in [0.2, 0.25) is 0 Å². The highest BCUT2D eigenvalue weighted by Gasteiger charge is 2.56. The molecule has 0 aromatic carbocycles. The smallest absolute Gasteiger partial charge is 0.302 e. The summed E-state index contributed by atoms with van der Waals surface area (Å²) in [4.78, 5) is 36.7. The number of likely N-dealkylation sites (tertiary alicyclic amines) is 1. The molecule has 5 unspecified atom stereocenters. The lowest BCUT2D eigenvalue weighted by atomic mass is 9.67. The third kappa shape index (κ3) is 2.28. The first kappa shape index (κ1) is 14.3. The molecular formula is C16H21NO4. The first-order chi connectivity index (χ1) is 9.88. The molecule has 5 atom stereocenters. The van der Waals surface area contributed by atoms with Crippen molar-refractivity contribution in [3.8, 4) is 0 Å². The zero-order valence-electron chi connectivity index (χ0n) is 12.5. The summed E-state index contributed by atoms with van der Waals surface area (Å²) in [7, 11) is 0. The maximum Gasteiger partial charge on any atom is 0.302 e. The predicted octanol–water partition coefficient (Wildman–Crippen LogP) is 1.67. The summed E-state index contributed by atoms with van der Waals surface area (Å²) in [5, 5.41) is 0. The van der Waals surface area contributed by atoms with Gasteiger partial charge in [0.05, 0.1) is 12.0 Å². The first-order valence-corrected chi connectivity index (χ1v) is 7.58. The van der Waals surface area contributed by atoms with Crippen LogP contribution in [0.25, 0.3) is 0 Å². The molecule has 5 heteroatoms. The SMILES string of the molecule is C=C(C)C(=O)N1C(=O)C2CC3CC(OC(C)=O)CC3CC21. The van der Waals surface area contributed by atoms with Gasteiger partial charge in [0.2, 0.25) is 5.91 Å². The molecule has 0 radical (unpaired) electrons. The van der Waals surface area contributed by atoms with Gasteiger partial charge < -0.3 is 4.74 Å². The second-order valence-electron chi connectivity index (χ2n) is 6.66.